The number of hydrogen-bond acceptors (Lipinski definition) is 4. The fraction of sp³-hybridized carbons (Fsp3) is 0.455. The summed E-state index contributed by atoms with van der Waals surface area (Å²) in [7, 11) is 5.09. The maximum atomic E-state index is 5.70. The van der Waals surface area contributed by atoms with Crippen LogP contribution in [0.1, 0.15) is 30.5 Å². The van der Waals surface area contributed by atoms with Gasteiger partial charge in [0.1, 0.15) is 5.75 Å². The second-order valence-electron chi connectivity index (χ2n) is 6.65. The van der Waals surface area contributed by atoms with Gasteiger partial charge >= 0.3 is 0 Å². The van der Waals surface area contributed by atoms with Gasteiger partial charge in [-0.2, -0.15) is 0 Å². The van der Waals surface area contributed by atoms with Crippen LogP contribution in [0.3, 0.4) is 0 Å². The van der Waals surface area contributed by atoms with Gasteiger partial charge in [0.05, 0.1) is 21.3 Å². The fourth-order valence-corrected chi connectivity index (χ4v) is 3.13. The first-order chi connectivity index (χ1) is 12.6. The Labute approximate surface area is 169 Å². The van der Waals surface area contributed by atoms with Crippen molar-refractivity contribution in [2.75, 3.05) is 27.9 Å². The number of nitrogens with one attached hydrogen (secondary N) is 1. The molecule has 2 aromatic carbocycles. The molecule has 0 aromatic heterocycles. The second-order valence-corrected chi connectivity index (χ2v) is 6.65. The molecular formula is C22H32ClNO3. The second kappa shape index (κ2) is 11.7. The summed E-state index contributed by atoms with van der Waals surface area (Å²) < 4.78 is 16.5. The van der Waals surface area contributed by atoms with Crippen LogP contribution in [-0.4, -0.2) is 33.9 Å². The highest BCUT2D eigenvalue weighted by Crippen LogP contribution is 2.34. The number of hydrogen-bond donors (Lipinski definition) is 1. The van der Waals surface area contributed by atoms with Crippen molar-refractivity contribution in [2.24, 2.45) is 0 Å². The Morgan fingerprint density at radius 1 is 0.889 bits per heavy atom. The molecule has 0 fully saturated rings. The number of ether oxygens (including phenoxy) is 3. The largest absolute Gasteiger partial charge is 0.497 e. The number of aryl methyl sites for hydroxylation is 1. The van der Waals surface area contributed by atoms with E-state index >= 15 is 0 Å². The van der Waals surface area contributed by atoms with Crippen LogP contribution in [-0.2, 0) is 19.3 Å². The molecular weight excluding hydrogens is 362 g/mol. The van der Waals surface area contributed by atoms with Gasteiger partial charge in [-0.05, 0) is 55.1 Å². The highest BCUT2D eigenvalue weighted by atomic mass is 35.5. The molecule has 4 nitrogen and oxygen atoms in total. The van der Waals surface area contributed by atoms with Crippen molar-refractivity contribution in [1.82, 2.24) is 5.32 Å². The average molecular weight is 394 g/mol. The Bertz CT molecular complexity index is 704. The van der Waals surface area contributed by atoms with E-state index in [4.69, 9.17) is 14.2 Å². The molecule has 0 aliphatic carbocycles. The summed E-state index contributed by atoms with van der Waals surface area (Å²) in [5.41, 5.74) is 3.78. The van der Waals surface area contributed by atoms with E-state index in [2.05, 4.69) is 37.4 Å². The predicted molar refractivity (Wildman–Crippen MR) is 114 cm³/mol. The number of benzene rings is 2. The molecule has 2 aromatic rings. The lowest BCUT2D eigenvalue weighted by molar-refractivity contribution is 0.351. The molecule has 0 radical (unpaired) electrons. The molecule has 0 amide bonds. The third-order valence-electron chi connectivity index (χ3n) is 4.49. The third kappa shape index (κ3) is 6.64. The topological polar surface area (TPSA) is 39.7 Å². The van der Waals surface area contributed by atoms with Crippen LogP contribution in [0.4, 0.5) is 0 Å². The van der Waals surface area contributed by atoms with Gasteiger partial charge in [0.15, 0.2) is 11.5 Å². The SMILES string of the molecule is COc1cccc(CCc2c(CCNC(C)C)ccc(OC)c2OC)c1.Cl. The van der Waals surface area contributed by atoms with Crippen molar-refractivity contribution in [3.63, 3.8) is 0 Å². The third-order valence-corrected chi connectivity index (χ3v) is 4.49. The normalized spacial score (nSPS) is 10.4. The van der Waals surface area contributed by atoms with Crippen LogP contribution >= 0.6 is 12.4 Å². The lowest BCUT2D eigenvalue weighted by Gasteiger charge is -2.18. The molecule has 27 heavy (non-hydrogen) atoms. The van der Waals surface area contributed by atoms with Crippen molar-refractivity contribution in [3.05, 3.63) is 53.1 Å². The number of rotatable bonds is 10. The van der Waals surface area contributed by atoms with Gasteiger partial charge in [0, 0.05) is 11.6 Å². The minimum absolute atomic E-state index is 0. The van der Waals surface area contributed by atoms with Gasteiger partial charge < -0.3 is 19.5 Å². The Morgan fingerprint density at radius 3 is 2.30 bits per heavy atom. The van der Waals surface area contributed by atoms with Gasteiger partial charge in [-0.25, -0.2) is 0 Å². The van der Waals surface area contributed by atoms with Gasteiger partial charge in [-0.1, -0.05) is 32.0 Å². The van der Waals surface area contributed by atoms with E-state index in [-0.39, 0.29) is 12.4 Å². The Hall–Kier alpha value is -1.91. The molecule has 1 N–H and O–H groups in total. The first-order valence-electron chi connectivity index (χ1n) is 9.18. The minimum Gasteiger partial charge on any atom is -0.497 e. The van der Waals surface area contributed by atoms with E-state index in [1.165, 1.54) is 16.7 Å². The van der Waals surface area contributed by atoms with Crippen LogP contribution in [0.15, 0.2) is 36.4 Å². The lowest BCUT2D eigenvalue weighted by atomic mass is 9.96. The van der Waals surface area contributed by atoms with E-state index in [0.717, 1.165) is 43.1 Å². The Balaban J connectivity index is 0.00000364. The van der Waals surface area contributed by atoms with Gasteiger partial charge in [0.2, 0.25) is 0 Å². The van der Waals surface area contributed by atoms with Crippen molar-refractivity contribution < 1.29 is 14.2 Å². The number of halogens is 1. The van der Waals surface area contributed by atoms with Crippen molar-refractivity contribution in [2.45, 2.75) is 39.2 Å². The molecule has 0 heterocycles. The molecule has 2 rings (SSSR count). The van der Waals surface area contributed by atoms with Crippen molar-refractivity contribution >= 4 is 12.4 Å². The molecule has 0 aliphatic rings. The molecule has 0 saturated heterocycles. The van der Waals surface area contributed by atoms with Gasteiger partial charge in [-0.15, -0.1) is 12.4 Å². The van der Waals surface area contributed by atoms with Crippen molar-refractivity contribution in [3.8, 4) is 17.2 Å². The van der Waals surface area contributed by atoms with Crippen LogP contribution in [0, 0.1) is 0 Å². The summed E-state index contributed by atoms with van der Waals surface area (Å²) in [4.78, 5) is 0. The molecule has 0 saturated carbocycles. The summed E-state index contributed by atoms with van der Waals surface area (Å²) in [6.45, 7) is 5.27. The van der Waals surface area contributed by atoms with Crippen LogP contribution in [0.2, 0.25) is 0 Å². The standard InChI is InChI=1S/C22H31NO3.ClH/c1-16(2)23-14-13-18-10-12-21(25-4)22(26-5)20(18)11-9-17-7-6-8-19(15-17)24-3;/h6-8,10,12,15-16,23H,9,11,13-14H2,1-5H3;1H. The van der Waals surface area contributed by atoms with Gasteiger partial charge in [0.25, 0.3) is 0 Å². The fourth-order valence-electron chi connectivity index (χ4n) is 3.13. The molecule has 0 bridgehead atoms. The van der Waals surface area contributed by atoms with E-state index in [1.54, 1.807) is 21.3 Å². The predicted octanol–water partition coefficient (Wildman–Crippen LogP) is 4.46. The summed E-state index contributed by atoms with van der Waals surface area (Å²) in [5, 5.41) is 3.49. The average Bonchev–Trinajstić information content (AvgIpc) is 2.66. The maximum absolute atomic E-state index is 5.70. The van der Waals surface area contributed by atoms with Gasteiger partial charge in [-0.3, -0.25) is 0 Å². The minimum atomic E-state index is 0. The monoisotopic (exact) mass is 393 g/mol. The summed E-state index contributed by atoms with van der Waals surface area (Å²) in [6.07, 6.45) is 2.78. The van der Waals surface area contributed by atoms with Crippen molar-refractivity contribution in [1.29, 1.82) is 0 Å². The summed E-state index contributed by atoms with van der Waals surface area (Å²) in [5.74, 6) is 2.52. The first-order valence-corrected chi connectivity index (χ1v) is 9.18. The maximum Gasteiger partial charge on any atom is 0.164 e. The highest BCUT2D eigenvalue weighted by molar-refractivity contribution is 5.85. The van der Waals surface area contributed by atoms with Crippen LogP contribution < -0.4 is 19.5 Å². The quantitative estimate of drug-likeness (QED) is 0.646. The van der Waals surface area contributed by atoms with E-state index in [0.29, 0.717) is 6.04 Å². The molecule has 0 atom stereocenters. The van der Waals surface area contributed by atoms with E-state index < -0.39 is 0 Å². The smallest absolute Gasteiger partial charge is 0.164 e. The van der Waals surface area contributed by atoms with Crippen LogP contribution in [0.25, 0.3) is 0 Å². The summed E-state index contributed by atoms with van der Waals surface area (Å²) >= 11 is 0. The molecule has 0 spiro atoms. The lowest BCUT2D eigenvalue weighted by Crippen LogP contribution is -2.25. The van der Waals surface area contributed by atoms with E-state index in [9.17, 15) is 0 Å². The van der Waals surface area contributed by atoms with Crippen LogP contribution in [0.5, 0.6) is 17.2 Å². The number of methoxy groups -OCH3 is 3. The summed E-state index contributed by atoms with van der Waals surface area (Å²) in [6, 6.07) is 12.9. The molecule has 150 valence electrons. The van der Waals surface area contributed by atoms with E-state index in [1.807, 2.05) is 18.2 Å². The molecule has 5 heteroatoms. The molecule has 0 unspecified atom stereocenters. The Kier molecular flexibility index (Phi) is 10.0. The Morgan fingerprint density at radius 2 is 1.67 bits per heavy atom. The zero-order chi connectivity index (χ0) is 18.9. The highest BCUT2D eigenvalue weighted by Gasteiger charge is 2.15. The zero-order valence-electron chi connectivity index (χ0n) is 17.0. The zero-order valence-corrected chi connectivity index (χ0v) is 17.8. The molecule has 0 aliphatic heterocycles. The first kappa shape index (κ1) is 23.1.